The summed E-state index contributed by atoms with van der Waals surface area (Å²) in [5.74, 6) is 1.34. The number of methoxy groups -OCH3 is 1. The van der Waals surface area contributed by atoms with Crippen molar-refractivity contribution in [2.45, 2.75) is 19.8 Å². The molecule has 0 unspecified atom stereocenters. The van der Waals surface area contributed by atoms with E-state index in [0.29, 0.717) is 5.82 Å². The van der Waals surface area contributed by atoms with Crippen LogP contribution in [0.2, 0.25) is 0 Å². The lowest BCUT2D eigenvalue weighted by Crippen LogP contribution is -2.18. The smallest absolute Gasteiger partial charge is 0.325 e. The second-order valence-electron chi connectivity index (χ2n) is 3.82. The largest absolute Gasteiger partial charge is 0.468 e. The summed E-state index contributed by atoms with van der Waals surface area (Å²) in [5, 5.41) is 5.97. The molecule has 0 radical (unpaired) electrons. The van der Waals surface area contributed by atoms with Crippen LogP contribution in [0.25, 0.3) is 0 Å². The summed E-state index contributed by atoms with van der Waals surface area (Å²) in [5.41, 5.74) is 0.957. The van der Waals surface area contributed by atoms with Gasteiger partial charge in [-0.2, -0.15) is 0 Å². The maximum absolute atomic E-state index is 11.1. The molecule has 1 rings (SSSR count). The average molecular weight is 238 g/mol. The van der Waals surface area contributed by atoms with E-state index in [2.05, 4.69) is 25.3 Å². The van der Waals surface area contributed by atoms with Crippen LogP contribution in [0.4, 0.5) is 11.6 Å². The highest BCUT2D eigenvalue weighted by molar-refractivity contribution is 5.75. The standard InChI is InChI=1S/C11H18N4O2/c1-7(2)9-10(12-3)14-6-15-11(9)13-5-8(16)17-4/h6-7H,5H2,1-4H3,(H2,12,13,14,15). The fourth-order valence-corrected chi connectivity index (χ4v) is 1.51. The minimum absolute atomic E-state index is 0.0936. The zero-order chi connectivity index (χ0) is 12.8. The number of hydrogen-bond donors (Lipinski definition) is 2. The molecule has 2 N–H and O–H groups in total. The average Bonchev–Trinajstić information content (AvgIpc) is 2.34. The number of rotatable bonds is 5. The topological polar surface area (TPSA) is 76.1 Å². The third kappa shape index (κ3) is 3.30. The molecule has 94 valence electrons. The van der Waals surface area contributed by atoms with Crippen molar-refractivity contribution in [3.05, 3.63) is 11.9 Å². The number of aromatic nitrogens is 2. The van der Waals surface area contributed by atoms with Gasteiger partial charge in [0.25, 0.3) is 0 Å². The van der Waals surface area contributed by atoms with Crippen LogP contribution < -0.4 is 10.6 Å². The molecule has 0 aliphatic carbocycles. The number of hydrogen-bond acceptors (Lipinski definition) is 6. The van der Waals surface area contributed by atoms with Gasteiger partial charge in [-0.1, -0.05) is 13.8 Å². The second-order valence-corrected chi connectivity index (χ2v) is 3.82. The van der Waals surface area contributed by atoms with Gasteiger partial charge in [0, 0.05) is 12.6 Å². The molecule has 0 amide bonds. The van der Waals surface area contributed by atoms with Crippen molar-refractivity contribution in [3.63, 3.8) is 0 Å². The van der Waals surface area contributed by atoms with Crippen molar-refractivity contribution in [1.82, 2.24) is 9.97 Å². The van der Waals surface area contributed by atoms with Gasteiger partial charge in [0.2, 0.25) is 0 Å². The van der Waals surface area contributed by atoms with E-state index < -0.39 is 0 Å². The molecule has 0 aliphatic rings. The maximum atomic E-state index is 11.1. The van der Waals surface area contributed by atoms with E-state index in [-0.39, 0.29) is 18.4 Å². The lowest BCUT2D eigenvalue weighted by atomic mass is 10.0. The van der Waals surface area contributed by atoms with Crippen LogP contribution in [0.1, 0.15) is 25.3 Å². The third-order valence-corrected chi connectivity index (χ3v) is 2.33. The molecule has 6 heteroatoms. The van der Waals surface area contributed by atoms with Gasteiger partial charge >= 0.3 is 5.97 Å². The summed E-state index contributed by atoms with van der Waals surface area (Å²) in [6.45, 7) is 4.18. The Balaban J connectivity index is 2.94. The molecule has 0 aromatic carbocycles. The van der Waals surface area contributed by atoms with E-state index in [1.165, 1.54) is 13.4 Å². The maximum Gasteiger partial charge on any atom is 0.325 e. The molecular formula is C11H18N4O2. The number of carbonyl (C=O) groups excluding carboxylic acids is 1. The van der Waals surface area contributed by atoms with Crippen LogP contribution in [0, 0.1) is 0 Å². The molecule has 1 aromatic heterocycles. The van der Waals surface area contributed by atoms with Gasteiger partial charge in [0.05, 0.1) is 7.11 Å². The summed E-state index contributed by atoms with van der Waals surface area (Å²) in [7, 11) is 3.16. The molecule has 0 spiro atoms. The summed E-state index contributed by atoms with van der Waals surface area (Å²) in [6, 6.07) is 0. The monoisotopic (exact) mass is 238 g/mol. The summed E-state index contributed by atoms with van der Waals surface area (Å²) in [4.78, 5) is 19.4. The van der Waals surface area contributed by atoms with Crippen molar-refractivity contribution in [1.29, 1.82) is 0 Å². The van der Waals surface area contributed by atoms with Crippen LogP contribution in [0.15, 0.2) is 6.33 Å². The lowest BCUT2D eigenvalue weighted by Gasteiger charge is -2.15. The summed E-state index contributed by atoms with van der Waals surface area (Å²) in [6.07, 6.45) is 1.46. The normalized spacial score (nSPS) is 10.2. The fraction of sp³-hybridized carbons (Fsp3) is 0.545. The van der Waals surface area contributed by atoms with E-state index >= 15 is 0 Å². The van der Waals surface area contributed by atoms with E-state index in [4.69, 9.17) is 0 Å². The molecule has 6 nitrogen and oxygen atoms in total. The Morgan fingerprint density at radius 1 is 1.41 bits per heavy atom. The Kier molecular flexibility index (Phi) is 4.68. The number of anilines is 2. The molecule has 1 heterocycles. The first-order valence-electron chi connectivity index (χ1n) is 5.43. The Labute approximate surface area is 101 Å². The van der Waals surface area contributed by atoms with E-state index in [1.807, 2.05) is 13.8 Å². The molecule has 0 atom stereocenters. The quantitative estimate of drug-likeness (QED) is 0.751. The van der Waals surface area contributed by atoms with Crippen LogP contribution in [-0.2, 0) is 9.53 Å². The van der Waals surface area contributed by atoms with Gasteiger partial charge in [-0.25, -0.2) is 9.97 Å². The lowest BCUT2D eigenvalue weighted by molar-refractivity contribution is -0.138. The highest BCUT2D eigenvalue weighted by Gasteiger charge is 2.14. The van der Waals surface area contributed by atoms with E-state index in [1.54, 1.807) is 7.05 Å². The minimum Gasteiger partial charge on any atom is -0.468 e. The second kappa shape index (κ2) is 6.03. The van der Waals surface area contributed by atoms with Gasteiger partial charge in [0.15, 0.2) is 0 Å². The summed E-state index contributed by atoms with van der Waals surface area (Å²) >= 11 is 0. The predicted octanol–water partition coefficient (Wildman–Crippen LogP) is 1.23. The Hall–Kier alpha value is -1.85. The number of esters is 1. The van der Waals surface area contributed by atoms with Crippen molar-refractivity contribution in [3.8, 4) is 0 Å². The van der Waals surface area contributed by atoms with Crippen molar-refractivity contribution < 1.29 is 9.53 Å². The zero-order valence-corrected chi connectivity index (χ0v) is 10.6. The zero-order valence-electron chi connectivity index (χ0n) is 10.6. The summed E-state index contributed by atoms with van der Waals surface area (Å²) < 4.78 is 4.57. The van der Waals surface area contributed by atoms with Crippen LogP contribution >= 0.6 is 0 Å². The van der Waals surface area contributed by atoms with Crippen LogP contribution in [0.3, 0.4) is 0 Å². The minimum atomic E-state index is -0.329. The molecule has 0 saturated carbocycles. The number of nitrogens with zero attached hydrogens (tertiary/aromatic N) is 2. The van der Waals surface area contributed by atoms with Crippen LogP contribution in [0.5, 0.6) is 0 Å². The number of ether oxygens (including phenoxy) is 1. The van der Waals surface area contributed by atoms with E-state index in [9.17, 15) is 4.79 Å². The van der Waals surface area contributed by atoms with Crippen molar-refractivity contribution in [2.24, 2.45) is 0 Å². The molecule has 0 fully saturated rings. The Bertz CT molecular complexity index is 393. The van der Waals surface area contributed by atoms with Gasteiger partial charge in [-0.05, 0) is 5.92 Å². The number of carbonyl (C=O) groups is 1. The molecule has 17 heavy (non-hydrogen) atoms. The molecule has 0 saturated heterocycles. The highest BCUT2D eigenvalue weighted by Crippen LogP contribution is 2.27. The Morgan fingerprint density at radius 2 is 2.06 bits per heavy atom. The van der Waals surface area contributed by atoms with Gasteiger partial charge in [-0.3, -0.25) is 4.79 Å². The number of nitrogens with one attached hydrogen (secondary N) is 2. The first-order valence-corrected chi connectivity index (χ1v) is 5.43. The van der Waals surface area contributed by atoms with Crippen LogP contribution in [-0.4, -0.2) is 36.6 Å². The van der Waals surface area contributed by atoms with Gasteiger partial charge in [0.1, 0.15) is 24.5 Å². The molecule has 0 bridgehead atoms. The molecule has 0 aliphatic heterocycles. The predicted molar refractivity (Wildman–Crippen MR) is 66.2 cm³/mol. The first kappa shape index (κ1) is 13.2. The van der Waals surface area contributed by atoms with Gasteiger partial charge < -0.3 is 15.4 Å². The first-order chi connectivity index (χ1) is 8.10. The molecule has 1 aromatic rings. The van der Waals surface area contributed by atoms with Crippen molar-refractivity contribution in [2.75, 3.05) is 31.3 Å². The molecular weight excluding hydrogens is 220 g/mol. The van der Waals surface area contributed by atoms with Crippen molar-refractivity contribution >= 4 is 17.6 Å². The van der Waals surface area contributed by atoms with Gasteiger partial charge in [-0.15, -0.1) is 0 Å². The third-order valence-electron chi connectivity index (χ3n) is 2.33. The van der Waals surface area contributed by atoms with E-state index in [0.717, 1.165) is 11.4 Å². The Morgan fingerprint density at radius 3 is 2.59 bits per heavy atom. The SMILES string of the molecule is CNc1ncnc(NCC(=O)OC)c1C(C)C. The highest BCUT2D eigenvalue weighted by atomic mass is 16.5. The fourth-order valence-electron chi connectivity index (χ4n) is 1.51.